The van der Waals surface area contributed by atoms with Crippen LogP contribution < -0.4 is 24.3 Å². The first kappa shape index (κ1) is 25.0. The number of nitrogens with one attached hydrogen (secondary N) is 1. The van der Waals surface area contributed by atoms with E-state index >= 15 is 0 Å². The highest BCUT2D eigenvalue weighted by Crippen LogP contribution is 2.28. The van der Waals surface area contributed by atoms with Crippen molar-refractivity contribution in [2.24, 2.45) is 0 Å². The largest absolute Gasteiger partial charge is 0.493 e. The number of aryl methyl sites for hydroxylation is 2. The van der Waals surface area contributed by atoms with Crippen LogP contribution in [0.25, 0.3) is 0 Å². The molecule has 0 bridgehead atoms. The molecule has 0 aliphatic rings. The summed E-state index contributed by atoms with van der Waals surface area (Å²) in [5.74, 6) is 2.71. The van der Waals surface area contributed by atoms with Gasteiger partial charge in [-0.05, 0) is 86.3 Å². The molecule has 0 aliphatic heterocycles. The van der Waals surface area contributed by atoms with Crippen LogP contribution >= 0.6 is 0 Å². The third kappa shape index (κ3) is 6.44. The zero-order valence-electron chi connectivity index (χ0n) is 20.6. The Morgan fingerprint density at radius 3 is 2.29 bits per heavy atom. The maximum atomic E-state index is 12.8. The highest BCUT2D eigenvalue weighted by atomic mass is 16.5. The van der Waals surface area contributed by atoms with Crippen molar-refractivity contribution < 1.29 is 23.7 Å². The van der Waals surface area contributed by atoms with Crippen molar-refractivity contribution in [3.8, 4) is 23.0 Å². The fourth-order valence-electron chi connectivity index (χ4n) is 3.55. The van der Waals surface area contributed by atoms with E-state index in [4.69, 9.17) is 18.9 Å². The molecule has 6 heteroatoms. The van der Waals surface area contributed by atoms with Crippen LogP contribution in [0.4, 0.5) is 0 Å². The number of carbonyl (C=O) groups excluding carboxylic acids is 1. The maximum Gasteiger partial charge on any atom is 0.251 e. The number of carbonyl (C=O) groups is 1. The lowest BCUT2D eigenvalue weighted by atomic mass is 10.1. The smallest absolute Gasteiger partial charge is 0.251 e. The number of ether oxygens (including phenoxy) is 4. The van der Waals surface area contributed by atoms with Gasteiger partial charge in [-0.2, -0.15) is 0 Å². The molecular weight excluding hydrogens is 430 g/mol. The van der Waals surface area contributed by atoms with Gasteiger partial charge in [0.15, 0.2) is 11.5 Å². The minimum Gasteiger partial charge on any atom is -0.493 e. The van der Waals surface area contributed by atoms with Crippen LogP contribution in [-0.2, 0) is 13.0 Å². The zero-order valence-corrected chi connectivity index (χ0v) is 20.6. The Hall–Kier alpha value is -3.67. The first-order valence-corrected chi connectivity index (χ1v) is 11.4. The first-order chi connectivity index (χ1) is 16.4. The van der Waals surface area contributed by atoms with Crippen molar-refractivity contribution in [2.75, 3.05) is 27.4 Å². The molecule has 0 aliphatic carbocycles. The molecule has 3 aromatic carbocycles. The topological polar surface area (TPSA) is 66.0 Å². The van der Waals surface area contributed by atoms with Crippen LogP contribution in [0.3, 0.4) is 0 Å². The van der Waals surface area contributed by atoms with Gasteiger partial charge in [0.05, 0.1) is 20.8 Å². The average molecular weight is 464 g/mol. The van der Waals surface area contributed by atoms with E-state index in [-0.39, 0.29) is 5.91 Å². The summed E-state index contributed by atoms with van der Waals surface area (Å²) >= 11 is 0. The fourth-order valence-corrected chi connectivity index (χ4v) is 3.55. The second-order valence-electron chi connectivity index (χ2n) is 7.99. The van der Waals surface area contributed by atoms with E-state index in [1.165, 1.54) is 11.1 Å². The van der Waals surface area contributed by atoms with Gasteiger partial charge in [0.1, 0.15) is 18.1 Å². The minimum absolute atomic E-state index is 0.143. The standard InChI is InChI=1S/C28H33NO5/c1-6-33-25-12-9-22(17-23(25)18-34-24-10-7-19(2)20(3)15-24)28(30)29-14-13-21-8-11-26(31-4)27(16-21)32-5/h7-12,15-17H,6,13-14,18H2,1-5H3,(H,29,30). The lowest BCUT2D eigenvalue weighted by Gasteiger charge is -2.14. The number of hydrogen-bond acceptors (Lipinski definition) is 5. The molecule has 3 aromatic rings. The van der Waals surface area contributed by atoms with Crippen LogP contribution in [0.15, 0.2) is 54.6 Å². The summed E-state index contributed by atoms with van der Waals surface area (Å²) in [6, 6.07) is 17.2. The van der Waals surface area contributed by atoms with Crippen molar-refractivity contribution in [1.29, 1.82) is 0 Å². The number of amides is 1. The number of hydrogen-bond donors (Lipinski definition) is 1. The van der Waals surface area contributed by atoms with Gasteiger partial charge in [-0.25, -0.2) is 0 Å². The van der Waals surface area contributed by atoms with E-state index in [0.29, 0.717) is 49.0 Å². The summed E-state index contributed by atoms with van der Waals surface area (Å²) in [4.78, 5) is 12.8. The Balaban J connectivity index is 1.65. The van der Waals surface area contributed by atoms with Crippen molar-refractivity contribution in [3.05, 3.63) is 82.4 Å². The summed E-state index contributed by atoms with van der Waals surface area (Å²) in [5, 5.41) is 2.99. The number of methoxy groups -OCH3 is 2. The van der Waals surface area contributed by atoms with Gasteiger partial charge in [-0.1, -0.05) is 12.1 Å². The summed E-state index contributed by atoms with van der Waals surface area (Å²) in [5.41, 5.74) is 4.83. The average Bonchev–Trinajstić information content (AvgIpc) is 2.85. The Labute approximate surface area is 201 Å². The van der Waals surface area contributed by atoms with Gasteiger partial charge < -0.3 is 24.3 Å². The quantitative estimate of drug-likeness (QED) is 0.420. The second-order valence-corrected chi connectivity index (χ2v) is 7.99. The van der Waals surface area contributed by atoms with Gasteiger partial charge in [0.25, 0.3) is 5.91 Å². The van der Waals surface area contributed by atoms with E-state index in [1.54, 1.807) is 20.3 Å². The summed E-state index contributed by atoms with van der Waals surface area (Å²) in [6.45, 7) is 7.40. The normalized spacial score (nSPS) is 10.5. The molecule has 0 radical (unpaired) electrons. The Morgan fingerprint density at radius 2 is 1.59 bits per heavy atom. The highest BCUT2D eigenvalue weighted by molar-refractivity contribution is 5.94. The van der Waals surface area contributed by atoms with Gasteiger partial charge in [-0.3, -0.25) is 4.79 Å². The molecule has 1 N–H and O–H groups in total. The molecule has 0 aromatic heterocycles. The number of benzene rings is 3. The van der Waals surface area contributed by atoms with Gasteiger partial charge >= 0.3 is 0 Å². The molecule has 6 nitrogen and oxygen atoms in total. The zero-order chi connectivity index (χ0) is 24.5. The van der Waals surface area contributed by atoms with Gasteiger partial charge in [-0.15, -0.1) is 0 Å². The number of rotatable bonds is 11. The highest BCUT2D eigenvalue weighted by Gasteiger charge is 2.12. The van der Waals surface area contributed by atoms with Crippen LogP contribution in [0.1, 0.15) is 39.5 Å². The lowest BCUT2D eigenvalue weighted by molar-refractivity contribution is 0.0954. The predicted molar refractivity (Wildman–Crippen MR) is 133 cm³/mol. The van der Waals surface area contributed by atoms with E-state index in [9.17, 15) is 4.79 Å². The molecule has 0 unspecified atom stereocenters. The summed E-state index contributed by atoms with van der Waals surface area (Å²) in [6.07, 6.45) is 0.672. The summed E-state index contributed by atoms with van der Waals surface area (Å²) in [7, 11) is 3.21. The van der Waals surface area contributed by atoms with Crippen molar-refractivity contribution in [2.45, 2.75) is 33.8 Å². The van der Waals surface area contributed by atoms with Crippen molar-refractivity contribution in [1.82, 2.24) is 5.32 Å². The third-order valence-corrected chi connectivity index (χ3v) is 5.64. The third-order valence-electron chi connectivity index (χ3n) is 5.64. The lowest BCUT2D eigenvalue weighted by Crippen LogP contribution is -2.25. The molecule has 0 spiro atoms. The molecule has 1 amide bonds. The molecule has 0 saturated carbocycles. The molecule has 0 saturated heterocycles. The Kier molecular flexibility index (Phi) is 8.79. The Bertz CT molecular complexity index is 1130. The van der Waals surface area contributed by atoms with Gasteiger partial charge in [0, 0.05) is 17.7 Å². The van der Waals surface area contributed by atoms with E-state index in [2.05, 4.69) is 19.2 Å². The SMILES string of the molecule is CCOc1ccc(C(=O)NCCc2ccc(OC)c(OC)c2)cc1COc1ccc(C)c(C)c1. The molecule has 0 atom stereocenters. The second kappa shape index (κ2) is 12.0. The van der Waals surface area contributed by atoms with Crippen molar-refractivity contribution >= 4 is 5.91 Å². The summed E-state index contributed by atoms with van der Waals surface area (Å²) < 4.78 is 22.4. The van der Waals surface area contributed by atoms with E-state index < -0.39 is 0 Å². The molecule has 34 heavy (non-hydrogen) atoms. The van der Waals surface area contributed by atoms with Crippen LogP contribution in [0, 0.1) is 13.8 Å². The molecule has 180 valence electrons. The van der Waals surface area contributed by atoms with E-state index in [0.717, 1.165) is 16.9 Å². The minimum atomic E-state index is -0.143. The van der Waals surface area contributed by atoms with Gasteiger partial charge in [0.2, 0.25) is 0 Å². The van der Waals surface area contributed by atoms with Crippen LogP contribution in [0.2, 0.25) is 0 Å². The fraction of sp³-hybridized carbons (Fsp3) is 0.321. The van der Waals surface area contributed by atoms with E-state index in [1.807, 2.05) is 55.5 Å². The van der Waals surface area contributed by atoms with Crippen molar-refractivity contribution in [3.63, 3.8) is 0 Å². The predicted octanol–water partition coefficient (Wildman–Crippen LogP) is 5.27. The molecule has 0 fully saturated rings. The monoisotopic (exact) mass is 463 g/mol. The Morgan fingerprint density at radius 1 is 0.824 bits per heavy atom. The molecule has 0 heterocycles. The maximum absolute atomic E-state index is 12.8. The molecular formula is C28H33NO5. The van der Waals surface area contributed by atoms with Crippen LogP contribution in [-0.4, -0.2) is 33.3 Å². The molecule has 3 rings (SSSR count). The van der Waals surface area contributed by atoms with Crippen LogP contribution in [0.5, 0.6) is 23.0 Å². The first-order valence-electron chi connectivity index (χ1n) is 11.4.